The standard InChI is InChI=1S/C20H19NO4/c1-2-16(15-10-9-13-6-3-4-7-14(13)12-15)18(20(23)24)21-19(22)17-8-5-11-25-17/h3-12,16,18H,2H2,1H3,(H,21,22)(H,23,24). The highest BCUT2D eigenvalue weighted by molar-refractivity contribution is 5.94. The van der Waals surface area contributed by atoms with Crippen LogP contribution in [-0.2, 0) is 4.79 Å². The van der Waals surface area contributed by atoms with Gasteiger partial charge in [0.25, 0.3) is 5.91 Å². The Hall–Kier alpha value is -3.08. The Labute approximate surface area is 145 Å². The topological polar surface area (TPSA) is 79.5 Å². The first kappa shape index (κ1) is 16.8. The molecule has 0 aliphatic carbocycles. The van der Waals surface area contributed by atoms with Gasteiger partial charge in [0.05, 0.1) is 6.26 Å². The van der Waals surface area contributed by atoms with Crippen molar-refractivity contribution in [2.75, 3.05) is 0 Å². The van der Waals surface area contributed by atoms with Gasteiger partial charge < -0.3 is 14.8 Å². The molecule has 0 radical (unpaired) electrons. The number of rotatable bonds is 6. The molecule has 0 aliphatic rings. The number of carboxylic acid groups (broad SMARTS) is 1. The molecule has 2 aromatic carbocycles. The summed E-state index contributed by atoms with van der Waals surface area (Å²) in [5.74, 6) is -1.85. The van der Waals surface area contributed by atoms with Gasteiger partial charge >= 0.3 is 5.97 Å². The summed E-state index contributed by atoms with van der Waals surface area (Å²) in [5, 5.41) is 14.4. The third-order valence-electron chi connectivity index (χ3n) is 4.34. The highest BCUT2D eigenvalue weighted by atomic mass is 16.4. The van der Waals surface area contributed by atoms with Crippen molar-refractivity contribution in [3.8, 4) is 0 Å². The van der Waals surface area contributed by atoms with E-state index in [4.69, 9.17) is 4.42 Å². The molecule has 0 bridgehead atoms. The van der Waals surface area contributed by atoms with Gasteiger partial charge in [0.2, 0.25) is 0 Å². The molecule has 0 fully saturated rings. The fraction of sp³-hybridized carbons (Fsp3) is 0.200. The van der Waals surface area contributed by atoms with Crippen LogP contribution in [-0.4, -0.2) is 23.0 Å². The summed E-state index contributed by atoms with van der Waals surface area (Å²) in [6, 6.07) is 15.8. The van der Waals surface area contributed by atoms with Crippen molar-refractivity contribution in [2.24, 2.45) is 0 Å². The average Bonchev–Trinajstić information content (AvgIpc) is 3.16. The molecule has 1 heterocycles. The Bertz CT molecular complexity index is 886. The van der Waals surface area contributed by atoms with E-state index in [0.29, 0.717) is 6.42 Å². The number of carboxylic acids is 1. The maximum atomic E-state index is 12.2. The maximum Gasteiger partial charge on any atom is 0.326 e. The second-order valence-corrected chi connectivity index (χ2v) is 5.89. The number of nitrogens with one attached hydrogen (secondary N) is 1. The zero-order valence-corrected chi connectivity index (χ0v) is 13.8. The Kier molecular flexibility index (Phi) is 4.84. The first-order valence-corrected chi connectivity index (χ1v) is 8.16. The molecule has 5 nitrogen and oxygen atoms in total. The zero-order valence-electron chi connectivity index (χ0n) is 13.8. The monoisotopic (exact) mass is 337 g/mol. The summed E-state index contributed by atoms with van der Waals surface area (Å²) >= 11 is 0. The molecule has 0 aliphatic heterocycles. The zero-order chi connectivity index (χ0) is 17.8. The van der Waals surface area contributed by atoms with Crippen LogP contribution in [0.25, 0.3) is 10.8 Å². The molecular formula is C20H19NO4. The van der Waals surface area contributed by atoms with E-state index in [1.807, 2.05) is 49.4 Å². The second-order valence-electron chi connectivity index (χ2n) is 5.89. The fourth-order valence-electron chi connectivity index (χ4n) is 3.06. The smallest absolute Gasteiger partial charge is 0.326 e. The van der Waals surface area contributed by atoms with Gasteiger partial charge in [0.15, 0.2) is 5.76 Å². The highest BCUT2D eigenvalue weighted by Gasteiger charge is 2.30. The lowest BCUT2D eigenvalue weighted by Gasteiger charge is -2.24. The second kappa shape index (κ2) is 7.21. The predicted molar refractivity (Wildman–Crippen MR) is 94.6 cm³/mol. The van der Waals surface area contributed by atoms with Crippen LogP contribution < -0.4 is 5.32 Å². The number of benzene rings is 2. The highest BCUT2D eigenvalue weighted by Crippen LogP contribution is 2.27. The minimum absolute atomic E-state index is 0.0969. The number of amides is 1. The van der Waals surface area contributed by atoms with Gasteiger partial charge in [-0.2, -0.15) is 0 Å². The lowest BCUT2D eigenvalue weighted by atomic mass is 9.87. The van der Waals surface area contributed by atoms with Gasteiger partial charge in [-0.1, -0.05) is 49.4 Å². The summed E-state index contributed by atoms with van der Waals surface area (Å²) in [7, 11) is 0. The van der Waals surface area contributed by atoms with Gasteiger partial charge in [0, 0.05) is 5.92 Å². The molecule has 25 heavy (non-hydrogen) atoms. The average molecular weight is 337 g/mol. The first-order valence-electron chi connectivity index (χ1n) is 8.16. The molecule has 3 rings (SSSR count). The van der Waals surface area contributed by atoms with Crippen molar-refractivity contribution < 1.29 is 19.1 Å². The number of aliphatic carboxylic acids is 1. The van der Waals surface area contributed by atoms with E-state index < -0.39 is 17.9 Å². The van der Waals surface area contributed by atoms with Gasteiger partial charge in [-0.05, 0) is 34.9 Å². The first-order chi connectivity index (χ1) is 12.1. The fourth-order valence-corrected chi connectivity index (χ4v) is 3.06. The molecule has 3 aromatic rings. The van der Waals surface area contributed by atoms with E-state index in [1.165, 1.54) is 12.3 Å². The van der Waals surface area contributed by atoms with Crippen LogP contribution in [0.1, 0.15) is 35.4 Å². The normalized spacial score (nSPS) is 13.3. The number of fused-ring (bicyclic) bond motifs is 1. The van der Waals surface area contributed by atoms with Gasteiger partial charge in [-0.25, -0.2) is 4.79 Å². The van der Waals surface area contributed by atoms with E-state index >= 15 is 0 Å². The summed E-state index contributed by atoms with van der Waals surface area (Å²) in [5.41, 5.74) is 0.883. The summed E-state index contributed by atoms with van der Waals surface area (Å²) < 4.78 is 5.05. The quantitative estimate of drug-likeness (QED) is 0.717. The maximum absolute atomic E-state index is 12.2. The molecule has 1 aromatic heterocycles. The van der Waals surface area contributed by atoms with Gasteiger partial charge in [-0.15, -0.1) is 0 Å². The Balaban J connectivity index is 1.91. The molecule has 2 N–H and O–H groups in total. The van der Waals surface area contributed by atoms with Crippen LogP contribution in [0.2, 0.25) is 0 Å². The minimum Gasteiger partial charge on any atom is -0.480 e. The Morgan fingerprint density at radius 2 is 1.84 bits per heavy atom. The number of hydrogen-bond acceptors (Lipinski definition) is 3. The minimum atomic E-state index is -1.07. The molecule has 0 spiro atoms. The van der Waals surface area contributed by atoms with Gasteiger partial charge in [0.1, 0.15) is 6.04 Å². The van der Waals surface area contributed by atoms with E-state index in [2.05, 4.69) is 5.32 Å². The van der Waals surface area contributed by atoms with Crippen molar-refractivity contribution in [1.82, 2.24) is 5.32 Å². The lowest BCUT2D eigenvalue weighted by Crippen LogP contribution is -2.44. The van der Waals surface area contributed by atoms with Crippen LogP contribution in [0.5, 0.6) is 0 Å². The Morgan fingerprint density at radius 3 is 2.48 bits per heavy atom. The van der Waals surface area contributed by atoms with Crippen molar-refractivity contribution in [2.45, 2.75) is 25.3 Å². The van der Waals surface area contributed by atoms with Crippen LogP contribution in [0.3, 0.4) is 0 Å². The van der Waals surface area contributed by atoms with Crippen LogP contribution in [0.15, 0.2) is 65.3 Å². The third kappa shape index (κ3) is 3.55. The van der Waals surface area contributed by atoms with Crippen LogP contribution >= 0.6 is 0 Å². The molecule has 128 valence electrons. The number of carbonyl (C=O) groups excluding carboxylic acids is 1. The Morgan fingerprint density at radius 1 is 1.08 bits per heavy atom. The van der Waals surface area contributed by atoms with E-state index in [9.17, 15) is 14.7 Å². The summed E-state index contributed by atoms with van der Waals surface area (Å²) in [6.45, 7) is 1.91. The van der Waals surface area contributed by atoms with Crippen molar-refractivity contribution in [1.29, 1.82) is 0 Å². The molecular weight excluding hydrogens is 318 g/mol. The predicted octanol–water partition coefficient (Wildman–Crippen LogP) is 3.81. The number of hydrogen-bond donors (Lipinski definition) is 2. The van der Waals surface area contributed by atoms with Crippen molar-refractivity contribution in [3.63, 3.8) is 0 Å². The van der Waals surface area contributed by atoms with E-state index in [0.717, 1.165) is 16.3 Å². The SMILES string of the molecule is CCC(c1ccc2ccccc2c1)C(NC(=O)c1ccco1)C(=O)O. The lowest BCUT2D eigenvalue weighted by molar-refractivity contribution is -0.139. The van der Waals surface area contributed by atoms with Crippen LogP contribution in [0, 0.1) is 0 Å². The van der Waals surface area contributed by atoms with Gasteiger partial charge in [-0.3, -0.25) is 4.79 Å². The number of furan rings is 1. The third-order valence-corrected chi connectivity index (χ3v) is 4.34. The largest absolute Gasteiger partial charge is 0.480 e. The van der Waals surface area contributed by atoms with E-state index in [-0.39, 0.29) is 11.7 Å². The molecule has 5 heteroatoms. The van der Waals surface area contributed by atoms with E-state index in [1.54, 1.807) is 6.07 Å². The molecule has 2 atom stereocenters. The molecule has 0 saturated carbocycles. The molecule has 2 unspecified atom stereocenters. The van der Waals surface area contributed by atoms with Crippen molar-refractivity contribution >= 4 is 22.6 Å². The van der Waals surface area contributed by atoms with Crippen molar-refractivity contribution in [3.05, 3.63) is 72.2 Å². The molecule has 0 saturated heterocycles. The summed E-state index contributed by atoms with van der Waals surface area (Å²) in [6.07, 6.45) is 1.96. The number of carbonyl (C=O) groups is 2. The molecule has 1 amide bonds. The van der Waals surface area contributed by atoms with Crippen LogP contribution in [0.4, 0.5) is 0 Å². The summed E-state index contributed by atoms with van der Waals surface area (Å²) in [4.78, 5) is 24.0.